The topological polar surface area (TPSA) is 26.3 Å². The molecule has 0 aliphatic carbocycles. The number of hydrogen-bond acceptors (Lipinski definition) is 2. The molecule has 0 radical (unpaired) electrons. The van der Waals surface area contributed by atoms with E-state index in [1.54, 1.807) is 6.92 Å². The molecule has 0 fully saturated rings. The van der Waals surface area contributed by atoms with Gasteiger partial charge in [-0.3, -0.25) is 0 Å². The average molecular weight is 342 g/mol. The summed E-state index contributed by atoms with van der Waals surface area (Å²) in [6.07, 6.45) is 0. The summed E-state index contributed by atoms with van der Waals surface area (Å²) in [5.41, 5.74) is 0. The van der Waals surface area contributed by atoms with Gasteiger partial charge in [0.1, 0.15) is 0 Å². The van der Waals surface area contributed by atoms with E-state index in [-0.39, 0.29) is 43.5 Å². The molecule has 0 spiro atoms. The van der Waals surface area contributed by atoms with Gasteiger partial charge in [-0.25, -0.2) is 0 Å². The Morgan fingerprint density at radius 1 is 1.31 bits per heavy atom. The fourth-order valence-corrected chi connectivity index (χ4v) is 0.401. The molecule has 2 nitrogen and oxygen atoms in total. The van der Waals surface area contributed by atoms with Gasteiger partial charge in [0.2, 0.25) is 0 Å². The number of carbonyl (C=O) groups excluding carboxylic acids is 1. The van der Waals surface area contributed by atoms with Crippen LogP contribution in [0.5, 0.6) is 0 Å². The van der Waals surface area contributed by atoms with E-state index in [0.717, 1.165) is 0 Å². The third-order valence-electron chi connectivity index (χ3n) is 0.810. The number of rotatable bonds is 2. The molecule has 4 heteroatoms. The van der Waals surface area contributed by atoms with E-state index in [4.69, 9.17) is 4.79 Å². The Labute approximate surface area is 109 Å². The first-order valence-electron chi connectivity index (χ1n) is 3.31. The fourth-order valence-electron chi connectivity index (χ4n) is 0.401. The molecule has 0 bridgehead atoms. The van der Waals surface area contributed by atoms with Crippen LogP contribution in [0.4, 0.5) is 0 Å². The van der Waals surface area contributed by atoms with Gasteiger partial charge in [0.05, 0.1) is 0 Å². The predicted molar refractivity (Wildman–Crippen MR) is 42.6 cm³/mol. The van der Waals surface area contributed by atoms with Gasteiger partial charge in [0.15, 0.2) is 0 Å². The molecule has 1 aromatic rings. The summed E-state index contributed by atoms with van der Waals surface area (Å²) in [5.74, 6) is 0. The van der Waals surface area contributed by atoms with Crippen LogP contribution in [0.15, 0.2) is 30.3 Å². The predicted octanol–water partition coefficient (Wildman–Crippen LogP) is -1.42. The van der Waals surface area contributed by atoms with Gasteiger partial charge in [-0.15, -0.1) is 0 Å². The molecule has 0 atom stereocenters. The van der Waals surface area contributed by atoms with Crippen LogP contribution in [0, 0.1) is 6.07 Å². The SMILES string of the molecule is CCO[C-]=O.[I-].[Zn].[c-]1ccccc1. The van der Waals surface area contributed by atoms with Crippen molar-refractivity contribution in [1.29, 1.82) is 0 Å². The summed E-state index contributed by atoms with van der Waals surface area (Å²) in [6, 6.07) is 12.5. The number of hydrogen-bond donors (Lipinski definition) is 0. The van der Waals surface area contributed by atoms with Gasteiger partial charge in [0.25, 0.3) is 0 Å². The molecule has 13 heavy (non-hydrogen) atoms. The van der Waals surface area contributed by atoms with E-state index in [2.05, 4.69) is 10.8 Å². The Kier molecular flexibility index (Phi) is 25.9. The van der Waals surface area contributed by atoms with Crippen molar-refractivity contribution in [3.63, 3.8) is 0 Å². The van der Waals surface area contributed by atoms with Crippen molar-refractivity contribution in [2.75, 3.05) is 6.61 Å². The second-order valence-electron chi connectivity index (χ2n) is 1.59. The molecule has 70 valence electrons. The molecule has 0 N–H and O–H groups in total. The Hall–Kier alpha value is 0.0434. The van der Waals surface area contributed by atoms with Crippen LogP contribution in [0.2, 0.25) is 0 Å². The number of halogens is 1. The van der Waals surface area contributed by atoms with Crippen molar-refractivity contribution in [2.45, 2.75) is 6.92 Å². The van der Waals surface area contributed by atoms with Crippen LogP contribution >= 0.6 is 0 Å². The average Bonchev–Trinajstić information content (AvgIpc) is 2.10. The van der Waals surface area contributed by atoms with E-state index < -0.39 is 0 Å². The smallest absolute Gasteiger partial charge is 0.0451 e. The van der Waals surface area contributed by atoms with Crippen molar-refractivity contribution < 1.29 is 53.0 Å². The zero-order chi connectivity index (χ0) is 8.36. The largest absolute Gasteiger partial charge is 1.00 e. The number of benzene rings is 1. The second-order valence-corrected chi connectivity index (χ2v) is 1.59. The minimum atomic E-state index is 0. The maximum absolute atomic E-state index is 9.06. The summed E-state index contributed by atoms with van der Waals surface area (Å²) in [5, 5.41) is 0. The fraction of sp³-hybridized carbons (Fsp3) is 0.222. The number of ether oxygens (including phenoxy) is 1. The van der Waals surface area contributed by atoms with Gasteiger partial charge < -0.3 is 33.5 Å². The molecule has 1 aromatic carbocycles. The van der Waals surface area contributed by atoms with Crippen molar-refractivity contribution >= 4 is 6.47 Å². The Bertz CT molecular complexity index is 144. The maximum atomic E-state index is 9.06. The van der Waals surface area contributed by atoms with Crippen LogP contribution in [0.25, 0.3) is 0 Å². The van der Waals surface area contributed by atoms with E-state index in [0.29, 0.717) is 6.61 Å². The van der Waals surface area contributed by atoms with Crippen LogP contribution in [-0.4, -0.2) is 13.1 Å². The molecule has 0 aliphatic heterocycles. The first-order valence-corrected chi connectivity index (χ1v) is 3.31. The molecule has 0 saturated heterocycles. The molecule has 0 heterocycles. The third-order valence-corrected chi connectivity index (χ3v) is 0.810. The molecule has 1 rings (SSSR count). The monoisotopic (exact) mass is 341 g/mol. The molecule has 0 saturated carbocycles. The minimum absolute atomic E-state index is 0. The van der Waals surface area contributed by atoms with Crippen LogP contribution in [-0.2, 0) is 29.0 Å². The molecular formula is C9H10IO2Zn-3. The first kappa shape index (κ1) is 18.8. The van der Waals surface area contributed by atoms with Crippen molar-refractivity contribution in [3.8, 4) is 0 Å². The summed E-state index contributed by atoms with van der Waals surface area (Å²) in [4.78, 5) is 9.06. The molecule has 0 unspecified atom stereocenters. The van der Waals surface area contributed by atoms with Crippen LogP contribution in [0.3, 0.4) is 0 Å². The first-order chi connectivity index (χ1) is 5.41. The zero-order valence-electron chi connectivity index (χ0n) is 7.50. The van der Waals surface area contributed by atoms with Crippen LogP contribution in [0.1, 0.15) is 6.92 Å². The summed E-state index contributed by atoms with van der Waals surface area (Å²) in [6.45, 7) is 3.41. The molecule has 0 aliphatic rings. The summed E-state index contributed by atoms with van der Waals surface area (Å²) in [7, 11) is 0. The van der Waals surface area contributed by atoms with Gasteiger partial charge >= 0.3 is 0 Å². The normalized spacial score (nSPS) is 6.23. The van der Waals surface area contributed by atoms with E-state index in [1.807, 2.05) is 30.3 Å². The van der Waals surface area contributed by atoms with Gasteiger partial charge in [-0.2, -0.15) is 36.4 Å². The van der Waals surface area contributed by atoms with Crippen molar-refractivity contribution in [1.82, 2.24) is 0 Å². The maximum Gasteiger partial charge on any atom is 0.0451 e. The summed E-state index contributed by atoms with van der Waals surface area (Å²) < 4.78 is 4.03. The van der Waals surface area contributed by atoms with Gasteiger partial charge in [-0.1, -0.05) is 6.47 Å². The van der Waals surface area contributed by atoms with Gasteiger partial charge in [-0.05, 0) is 6.92 Å². The summed E-state index contributed by atoms with van der Waals surface area (Å²) >= 11 is 0. The van der Waals surface area contributed by atoms with Crippen molar-refractivity contribution in [2.24, 2.45) is 0 Å². The van der Waals surface area contributed by atoms with E-state index in [1.165, 1.54) is 6.47 Å². The Morgan fingerprint density at radius 2 is 1.85 bits per heavy atom. The molecule has 0 amide bonds. The van der Waals surface area contributed by atoms with Crippen molar-refractivity contribution in [3.05, 3.63) is 36.4 Å². The second kappa shape index (κ2) is 18.0. The quantitative estimate of drug-likeness (QED) is 0.375. The third kappa shape index (κ3) is 18.8. The standard InChI is InChI=1S/C6H5.C3H5O2.HI.Zn/c1-2-4-6-5-3-1;1-2-5-3-4;;/h1-5H;2H2,1H3;1H;/q2*-1;;/p-1. The van der Waals surface area contributed by atoms with Gasteiger partial charge in [0, 0.05) is 26.1 Å². The molecule has 0 aromatic heterocycles. The Morgan fingerprint density at radius 3 is 1.92 bits per heavy atom. The minimum Gasteiger partial charge on any atom is -1.00 e. The zero-order valence-corrected chi connectivity index (χ0v) is 12.6. The molecular weight excluding hydrogens is 332 g/mol. The van der Waals surface area contributed by atoms with E-state index >= 15 is 0 Å². The van der Waals surface area contributed by atoms with Crippen LogP contribution < -0.4 is 24.0 Å². The Balaban J connectivity index is -0.000000136. The van der Waals surface area contributed by atoms with E-state index in [9.17, 15) is 0 Å².